The molecule has 5 rings (SSSR count). The molecule has 0 spiro atoms. The molecule has 1 aliphatic carbocycles. The minimum Gasteiger partial charge on any atom is -0.368 e. The van der Waals surface area contributed by atoms with Crippen LogP contribution < -0.4 is 0 Å². The van der Waals surface area contributed by atoms with Crippen molar-refractivity contribution in [3.8, 4) is 0 Å². The van der Waals surface area contributed by atoms with Gasteiger partial charge in [-0.2, -0.15) is 0 Å². The van der Waals surface area contributed by atoms with Crippen molar-refractivity contribution >= 4 is 28.7 Å². The molecule has 0 bridgehead atoms. The van der Waals surface area contributed by atoms with Gasteiger partial charge < -0.3 is 20.0 Å². The quantitative estimate of drug-likeness (QED) is 0.560. The van der Waals surface area contributed by atoms with Crippen LogP contribution in [-0.4, -0.2) is 54.4 Å². The molecule has 1 fully saturated rings. The van der Waals surface area contributed by atoms with Crippen molar-refractivity contribution in [3.63, 3.8) is 0 Å². The maximum atomic E-state index is 13.0. The first kappa shape index (κ1) is 17.6. The molecule has 2 N–H and O–H groups in total. The van der Waals surface area contributed by atoms with Crippen LogP contribution in [0.3, 0.4) is 0 Å². The highest BCUT2D eigenvalue weighted by atomic mass is 35.5. The van der Waals surface area contributed by atoms with E-state index in [0.29, 0.717) is 11.0 Å². The molecule has 2 unspecified atom stereocenters. The normalized spacial score (nSPS) is 28.0. The second-order valence-corrected chi connectivity index (χ2v) is 8.54. The summed E-state index contributed by atoms with van der Waals surface area (Å²) in [6.45, 7) is 0.839. The van der Waals surface area contributed by atoms with Crippen LogP contribution in [0.2, 0.25) is 4.47 Å². The molecule has 1 saturated heterocycles. The molecule has 0 radical (unpaired) electrons. The predicted molar refractivity (Wildman–Crippen MR) is 97.9 cm³/mol. The average molecular weight is 421 g/mol. The van der Waals surface area contributed by atoms with Crippen LogP contribution in [0.5, 0.6) is 0 Å². The number of aromatic nitrogens is 1. The lowest BCUT2D eigenvalue weighted by Crippen LogP contribution is -2.57. The lowest BCUT2D eigenvalue weighted by molar-refractivity contribution is -0.445. The Labute approximate surface area is 167 Å². The molecule has 144 valence electrons. The van der Waals surface area contributed by atoms with E-state index in [1.165, 1.54) is 28.4 Å². The minimum absolute atomic E-state index is 0.0439. The Morgan fingerprint density at radius 2 is 2.07 bits per heavy atom. The van der Waals surface area contributed by atoms with Gasteiger partial charge in [-0.3, -0.25) is 14.9 Å². The van der Waals surface area contributed by atoms with E-state index in [9.17, 15) is 25.1 Å². The van der Waals surface area contributed by atoms with Crippen molar-refractivity contribution < 1.29 is 19.9 Å². The number of carbonyl (C=O) groups excluding carboxylic acids is 1. The van der Waals surface area contributed by atoms with E-state index in [4.69, 9.17) is 11.6 Å². The van der Waals surface area contributed by atoms with Gasteiger partial charge in [0.1, 0.15) is 0 Å². The number of halogens is 1. The van der Waals surface area contributed by atoms with E-state index in [1.807, 2.05) is 0 Å². The van der Waals surface area contributed by atoms with Gasteiger partial charge in [0.05, 0.1) is 11.5 Å². The topological polar surface area (TPSA) is 120 Å². The number of hydrogen-bond acceptors (Lipinski definition) is 9. The fraction of sp³-hybridized carbons (Fsp3) is 0.294. The lowest BCUT2D eigenvalue weighted by atomic mass is 9.89. The Morgan fingerprint density at radius 3 is 2.75 bits per heavy atom. The number of benzene rings is 1. The van der Waals surface area contributed by atoms with E-state index < -0.39 is 27.7 Å². The molecular formula is C17H13ClN4O5S. The number of aliphatic hydroxyl groups is 2. The molecule has 1 aromatic carbocycles. The van der Waals surface area contributed by atoms with Gasteiger partial charge in [0.25, 0.3) is 5.60 Å². The van der Waals surface area contributed by atoms with Crippen LogP contribution in [-0.2, 0) is 12.3 Å². The van der Waals surface area contributed by atoms with Crippen LogP contribution in [0.15, 0.2) is 42.0 Å². The zero-order valence-corrected chi connectivity index (χ0v) is 15.8. The summed E-state index contributed by atoms with van der Waals surface area (Å²) >= 11 is 7.10. The monoisotopic (exact) mass is 420 g/mol. The fourth-order valence-corrected chi connectivity index (χ4v) is 5.41. The number of nitro groups is 1. The van der Waals surface area contributed by atoms with E-state index >= 15 is 0 Å². The van der Waals surface area contributed by atoms with Crippen LogP contribution in [0, 0.1) is 10.1 Å². The van der Waals surface area contributed by atoms with Gasteiger partial charge in [0.15, 0.2) is 10.3 Å². The summed E-state index contributed by atoms with van der Waals surface area (Å²) in [6, 6.07) is 6.17. The molecule has 9 nitrogen and oxygen atoms in total. The van der Waals surface area contributed by atoms with Crippen LogP contribution in [0.25, 0.3) is 0 Å². The third-order valence-corrected chi connectivity index (χ3v) is 6.63. The Morgan fingerprint density at radius 1 is 1.32 bits per heavy atom. The number of carbonyl (C=O) groups is 1. The molecule has 11 heteroatoms. The standard InChI is InChI=1S/C17H13ClN4O5S/c18-15-19-7-9(28-15)8-20-5-6-21-14(20)12(22(26)27)16(24)13(23)10-3-1-2-4-11(10)17(16,21)25/h1-4,7,24-25H,5-6,8H2. The third-order valence-electron chi connectivity index (χ3n) is 5.53. The van der Waals surface area contributed by atoms with Crippen molar-refractivity contribution in [2.24, 2.45) is 0 Å². The van der Waals surface area contributed by atoms with E-state index in [1.54, 1.807) is 23.2 Å². The number of rotatable bonds is 3. The molecule has 3 heterocycles. The summed E-state index contributed by atoms with van der Waals surface area (Å²) in [5, 5.41) is 34.8. The highest BCUT2D eigenvalue weighted by molar-refractivity contribution is 7.15. The van der Waals surface area contributed by atoms with Crippen LogP contribution in [0.4, 0.5) is 0 Å². The predicted octanol–water partition coefficient (Wildman–Crippen LogP) is 1.15. The van der Waals surface area contributed by atoms with Gasteiger partial charge in [0.2, 0.25) is 11.5 Å². The smallest absolute Gasteiger partial charge is 0.331 e. The molecule has 2 aliphatic heterocycles. The van der Waals surface area contributed by atoms with E-state index in [0.717, 1.165) is 4.88 Å². The highest BCUT2D eigenvalue weighted by Gasteiger charge is 2.78. The maximum Gasteiger partial charge on any atom is 0.331 e. The summed E-state index contributed by atoms with van der Waals surface area (Å²) in [5.74, 6) is -0.831. The number of thiazole rings is 1. The molecule has 28 heavy (non-hydrogen) atoms. The lowest BCUT2D eigenvalue weighted by Gasteiger charge is -2.36. The summed E-state index contributed by atoms with van der Waals surface area (Å²) in [4.78, 5) is 31.9. The minimum atomic E-state index is -2.68. The summed E-state index contributed by atoms with van der Waals surface area (Å²) < 4.78 is 0.346. The van der Waals surface area contributed by atoms with Crippen molar-refractivity contribution in [3.05, 3.63) is 72.6 Å². The van der Waals surface area contributed by atoms with Crippen molar-refractivity contribution in [2.45, 2.75) is 17.9 Å². The molecule has 2 aromatic rings. The first-order chi connectivity index (χ1) is 13.3. The molecule has 3 aliphatic rings. The second kappa shape index (κ2) is 5.51. The zero-order valence-electron chi connectivity index (χ0n) is 14.2. The first-order valence-corrected chi connectivity index (χ1v) is 9.60. The number of nitrogens with zero attached hydrogens (tertiary/aromatic N) is 4. The fourth-order valence-electron chi connectivity index (χ4n) is 4.42. The molecule has 0 saturated carbocycles. The van der Waals surface area contributed by atoms with Crippen LogP contribution >= 0.6 is 22.9 Å². The summed E-state index contributed by atoms with van der Waals surface area (Å²) in [7, 11) is 0. The Balaban J connectivity index is 1.69. The second-order valence-electron chi connectivity index (χ2n) is 6.84. The van der Waals surface area contributed by atoms with Gasteiger partial charge in [-0.25, -0.2) is 4.98 Å². The Kier molecular flexibility index (Phi) is 3.45. The first-order valence-electron chi connectivity index (χ1n) is 8.41. The maximum absolute atomic E-state index is 13.0. The van der Waals surface area contributed by atoms with Gasteiger partial charge >= 0.3 is 5.70 Å². The molecular weight excluding hydrogens is 408 g/mol. The average Bonchev–Trinajstić information content (AvgIpc) is 3.34. The van der Waals surface area contributed by atoms with Crippen molar-refractivity contribution in [1.82, 2.24) is 14.8 Å². The SMILES string of the molecule is O=C1c2ccccc2C2(O)N3CCN(Cc4cnc(Cl)s4)C3=C([N+](=O)[O-])C12O. The van der Waals surface area contributed by atoms with Gasteiger partial charge in [-0.15, -0.1) is 11.3 Å². The van der Waals surface area contributed by atoms with Gasteiger partial charge in [0, 0.05) is 35.3 Å². The molecule has 0 amide bonds. The molecule has 1 aromatic heterocycles. The van der Waals surface area contributed by atoms with Crippen LogP contribution in [0.1, 0.15) is 20.8 Å². The summed E-state index contributed by atoms with van der Waals surface area (Å²) in [5.41, 5.74) is -5.36. The van der Waals surface area contributed by atoms with E-state index in [2.05, 4.69) is 4.98 Å². The highest BCUT2D eigenvalue weighted by Crippen LogP contribution is 2.58. The Hall–Kier alpha value is -2.53. The molecule has 2 atom stereocenters. The number of ketones is 1. The van der Waals surface area contributed by atoms with E-state index in [-0.39, 0.29) is 30.0 Å². The number of Topliss-reactive ketones (excluding diaryl/α,β-unsaturated/α-hetero) is 1. The van der Waals surface area contributed by atoms with Crippen molar-refractivity contribution in [2.75, 3.05) is 13.1 Å². The Bertz CT molecular complexity index is 1090. The van der Waals surface area contributed by atoms with Gasteiger partial charge in [-0.1, -0.05) is 35.9 Å². The number of fused-ring (bicyclic) bond motifs is 5. The van der Waals surface area contributed by atoms with Crippen molar-refractivity contribution in [1.29, 1.82) is 0 Å². The number of hydrogen-bond donors (Lipinski definition) is 2. The largest absolute Gasteiger partial charge is 0.368 e. The summed E-state index contributed by atoms with van der Waals surface area (Å²) in [6.07, 6.45) is 1.57. The van der Waals surface area contributed by atoms with Gasteiger partial charge in [-0.05, 0) is 0 Å². The zero-order chi connectivity index (χ0) is 19.8. The third kappa shape index (κ3) is 1.88.